The first-order valence-electron chi connectivity index (χ1n) is 16.0. The van der Waals surface area contributed by atoms with Crippen LogP contribution in [0.15, 0.2) is 0 Å². The third-order valence-electron chi connectivity index (χ3n) is 6.27. The van der Waals surface area contributed by atoms with Crippen molar-refractivity contribution >= 4 is 17.9 Å². The highest BCUT2D eigenvalue weighted by molar-refractivity contribution is 5.88. The van der Waals surface area contributed by atoms with Gasteiger partial charge in [0.25, 0.3) is 0 Å². The van der Waals surface area contributed by atoms with Crippen molar-refractivity contribution in [2.24, 2.45) is 0 Å². The molecule has 0 atom stereocenters. The molecule has 0 aromatic carbocycles. The molecule has 0 aliphatic rings. The summed E-state index contributed by atoms with van der Waals surface area (Å²) < 4.78 is 0. The Morgan fingerprint density at radius 2 is 0.674 bits per heavy atom. The van der Waals surface area contributed by atoms with Crippen LogP contribution in [0.1, 0.15) is 72.1 Å². The smallest absolute Gasteiger partial charge is 0.336 e. The zero-order valence-corrected chi connectivity index (χ0v) is 28.3. The Morgan fingerprint density at radius 3 is 0.804 bits per heavy atom. The molecule has 0 heterocycles. The van der Waals surface area contributed by atoms with Crippen LogP contribution in [0.5, 0.6) is 0 Å². The predicted molar refractivity (Wildman–Crippen MR) is 174 cm³/mol. The lowest BCUT2D eigenvalue weighted by atomic mass is 9.96. The summed E-state index contributed by atoms with van der Waals surface area (Å²) in [5.74, 6) is -5.02. The lowest BCUT2D eigenvalue weighted by Gasteiger charge is -2.19. The summed E-state index contributed by atoms with van der Waals surface area (Å²) in [5.41, 5.74) is -2.74. The molecule has 0 spiro atoms. The van der Waals surface area contributed by atoms with Gasteiger partial charge in [-0.05, 0) is 38.9 Å². The molecule has 0 bridgehead atoms. The molecule has 10 N–H and O–H groups in total. The van der Waals surface area contributed by atoms with E-state index in [1.54, 1.807) is 0 Å². The largest absolute Gasteiger partial charge is 0.481 e. The molecule has 0 aliphatic heterocycles. The van der Waals surface area contributed by atoms with Crippen LogP contribution < -0.4 is 0 Å². The maximum atomic E-state index is 10.3. The van der Waals surface area contributed by atoms with Crippen molar-refractivity contribution in [2.45, 2.75) is 77.7 Å². The van der Waals surface area contributed by atoms with Gasteiger partial charge in [0.2, 0.25) is 0 Å². The maximum Gasteiger partial charge on any atom is 0.336 e. The van der Waals surface area contributed by atoms with Crippen LogP contribution >= 0.6 is 0 Å². The van der Waals surface area contributed by atoms with Crippen molar-refractivity contribution < 1.29 is 65.4 Å². The van der Waals surface area contributed by atoms with Gasteiger partial charge in [-0.3, -0.25) is 24.3 Å². The summed E-state index contributed by atoms with van der Waals surface area (Å²) in [7, 11) is 0. The molecule has 0 aromatic rings. The highest BCUT2D eigenvalue weighted by atomic mass is 16.4. The van der Waals surface area contributed by atoms with Gasteiger partial charge < -0.3 is 51.1 Å². The van der Waals surface area contributed by atoms with Gasteiger partial charge in [0, 0.05) is 39.3 Å². The topological polar surface area (TPSA) is 263 Å². The Morgan fingerprint density at radius 1 is 0.457 bits per heavy atom. The number of aliphatic carboxylic acids is 3. The average Bonchev–Trinajstić information content (AvgIpc) is 2.98. The molecule has 0 saturated carbocycles. The van der Waals surface area contributed by atoms with Gasteiger partial charge in [-0.1, -0.05) is 40.0 Å². The summed E-state index contributed by atoms with van der Waals surface area (Å²) in [4.78, 5) is 36.7. The molecular weight excluding hydrogens is 610 g/mol. The Hall–Kier alpha value is -1.99. The van der Waals surface area contributed by atoms with Crippen molar-refractivity contribution in [3.63, 3.8) is 0 Å². The molecule has 0 amide bonds. The van der Waals surface area contributed by atoms with E-state index in [9.17, 15) is 14.4 Å². The van der Waals surface area contributed by atoms with Crippen LogP contribution in [0, 0.1) is 0 Å². The number of carboxylic acid groups (broad SMARTS) is 3. The minimum absolute atomic E-state index is 0.184. The van der Waals surface area contributed by atoms with Crippen LogP contribution in [0.4, 0.5) is 0 Å². The van der Waals surface area contributed by atoms with E-state index in [2.05, 4.69) is 35.5 Å². The highest BCUT2D eigenvalue weighted by Crippen LogP contribution is 2.15. The predicted octanol–water partition coefficient (Wildman–Crippen LogP) is -1.03. The highest BCUT2D eigenvalue weighted by Gasteiger charge is 2.40. The fraction of sp³-hybridized carbons (Fsp3) is 0.900. The fourth-order valence-corrected chi connectivity index (χ4v) is 3.71. The fourth-order valence-electron chi connectivity index (χ4n) is 3.71. The van der Waals surface area contributed by atoms with Crippen LogP contribution in [-0.2, 0) is 14.4 Å². The van der Waals surface area contributed by atoms with Gasteiger partial charge in [0.05, 0.1) is 52.5 Å². The minimum atomic E-state index is -2.74. The maximum absolute atomic E-state index is 10.3. The molecule has 0 rings (SSSR count). The summed E-state index contributed by atoms with van der Waals surface area (Å²) in [6, 6.07) is 0. The second-order valence-corrected chi connectivity index (χ2v) is 10.4. The zero-order valence-electron chi connectivity index (χ0n) is 28.3. The number of aliphatic hydroxyl groups is 7. The number of hydrogen-bond donors (Lipinski definition) is 10. The van der Waals surface area contributed by atoms with E-state index in [0.29, 0.717) is 39.3 Å². The van der Waals surface area contributed by atoms with E-state index >= 15 is 0 Å². The molecule has 16 nitrogen and oxygen atoms in total. The summed E-state index contributed by atoms with van der Waals surface area (Å²) in [6.45, 7) is 14.5. The molecule has 0 aliphatic carbocycles. The van der Waals surface area contributed by atoms with Gasteiger partial charge in [0.15, 0.2) is 5.60 Å². The Bertz CT molecular complexity index is 609. The average molecular weight is 676 g/mol. The third kappa shape index (κ3) is 36.5. The summed E-state index contributed by atoms with van der Waals surface area (Å²) >= 11 is 0. The number of aliphatic hydroxyl groups excluding tert-OH is 6. The monoisotopic (exact) mass is 675 g/mol. The van der Waals surface area contributed by atoms with E-state index in [1.807, 2.05) is 0 Å². The first kappa shape index (κ1) is 50.9. The molecule has 0 saturated heterocycles. The van der Waals surface area contributed by atoms with Gasteiger partial charge in [-0.25, -0.2) is 4.79 Å². The van der Waals surface area contributed by atoms with Crippen molar-refractivity contribution in [3.05, 3.63) is 0 Å². The van der Waals surface area contributed by atoms with Crippen LogP contribution in [0.2, 0.25) is 0 Å². The standard InChI is InChI=1S/3C8H19NO2.C6H8O7/c3*1-2-3-4-9(5-7-10)6-8-11;7-3(8)1-6(13,5(11)12)2-4(9)10/h3*10-11H,2-8H2,1H3;13H,1-2H2,(H,7,8)(H,9,10)(H,11,12). The molecule has 0 unspecified atom stereocenters. The van der Waals surface area contributed by atoms with Crippen molar-refractivity contribution in [1.29, 1.82) is 0 Å². The van der Waals surface area contributed by atoms with Crippen LogP contribution in [0.25, 0.3) is 0 Å². The lowest BCUT2D eigenvalue weighted by Crippen LogP contribution is -2.42. The SMILES string of the molecule is CCCCN(CCO)CCO.CCCCN(CCO)CCO.CCCCN(CCO)CCO.O=C(O)CC(O)(CC(=O)O)C(=O)O. The Labute approximate surface area is 274 Å². The van der Waals surface area contributed by atoms with Gasteiger partial charge in [-0.15, -0.1) is 0 Å². The second kappa shape index (κ2) is 37.5. The molecule has 16 heteroatoms. The molecule has 0 radical (unpaired) electrons. The number of carbonyl (C=O) groups is 3. The number of carboxylic acids is 3. The lowest BCUT2D eigenvalue weighted by molar-refractivity contribution is -0.170. The van der Waals surface area contributed by atoms with E-state index in [-0.39, 0.29) is 39.6 Å². The van der Waals surface area contributed by atoms with E-state index < -0.39 is 36.4 Å². The second-order valence-electron chi connectivity index (χ2n) is 10.4. The number of rotatable bonds is 26. The zero-order chi connectivity index (χ0) is 36.2. The third-order valence-corrected chi connectivity index (χ3v) is 6.27. The Kier molecular flexibility index (Phi) is 41.4. The van der Waals surface area contributed by atoms with E-state index in [4.69, 9.17) is 51.1 Å². The number of nitrogens with zero attached hydrogens (tertiary/aromatic N) is 3. The van der Waals surface area contributed by atoms with Crippen molar-refractivity contribution in [1.82, 2.24) is 14.7 Å². The van der Waals surface area contributed by atoms with E-state index in [0.717, 1.165) is 58.2 Å². The Balaban J connectivity index is -0.000000256. The molecular formula is C30H65N3O13. The number of hydrogen-bond acceptors (Lipinski definition) is 13. The van der Waals surface area contributed by atoms with Gasteiger partial charge >= 0.3 is 17.9 Å². The van der Waals surface area contributed by atoms with Crippen LogP contribution in [-0.4, -0.2) is 188 Å². The van der Waals surface area contributed by atoms with Crippen molar-refractivity contribution in [3.8, 4) is 0 Å². The normalized spacial score (nSPS) is 10.9. The quantitative estimate of drug-likeness (QED) is 0.0525. The van der Waals surface area contributed by atoms with E-state index in [1.165, 1.54) is 0 Å². The van der Waals surface area contributed by atoms with Gasteiger partial charge in [-0.2, -0.15) is 0 Å². The molecule has 278 valence electrons. The first-order valence-corrected chi connectivity index (χ1v) is 16.0. The molecule has 0 aromatic heterocycles. The summed E-state index contributed by atoms with van der Waals surface area (Å²) in [5, 5.41) is 85.6. The molecule has 46 heavy (non-hydrogen) atoms. The molecule has 0 fully saturated rings. The van der Waals surface area contributed by atoms with Crippen LogP contribution in [0.3, 0.4) is 0 Å². The summed E-state index contributed by atoms with van der Waals surface area (Å²) in [6.07, 6.45) is 4.61. The minimum Gasteiger partial charge on any atom is -0.481 e. The first-order chi connectivity index (χ1) is 21.8. The number of unbranched alkanes of at least 4 members (excludes halogenated alkanes) is 3. The van der Waals surface area contributed by atoms with Gasteiger partial charge in [0.1, 0.15) is 0 Å². The van der Waals surface area contributed by atoms with Crippen molar-refractivity contribution in [2.75, 3.05) is 98.5 Å².